The number of hydrogen-bond acceptors (Lipinski definition) is 4. The van der Waals surface area contributed by atoms with E-state index in [2.05, 4.69) is 10.0 Å². The zero-order valence-corrected chi connectivity index (χ0v) is 12.9. The molecular formula is C13H18ClN3O2S. The summed E-state index contributed by atoms with van der Waals surface area (Å²) < 4.78 is 27.4. The maximum atomic E-state index is 12.3. The first-order chi connectivity index (χ1) is 9.03. The molecule has 1 aromatic carbocycles. The third-order valence-electron chi connectivity index (χ3n) is 3.23. The fraction of sp³-hybridized carbons (Fsp3) is 0.462. The molecule has 1 atom stereocenters. The maximum absolute atomic E-state index is 12.3. The minimum absolute atomic E-state index is 0. The second-order valence-electron chi connectivity index (χ2n) is 4.76. The Morgan fingerprint density at radius 3 is 2.80 bits per heavy atom. The zero-order valence-electron chi connectivity index (χ0n) is 11.2. The summed E-state index contributed by atoms with van der Waals surface area (Å²) in [5.74, 6) is 0. The molecule has 7 heteroatoms. The molecule has 20 heavy (non-hydrogen) atoms. The van der Waals surface area contributed by atoms with Crippen molar-refractivity contribution in [3.05, 3.63) is 29.3 Å². The van der Waals surface area contributed by atoms with E-state index < -0.39 is 10.0 Å². The molecule has 1 aliphatic heterocycles. The summed E-state index contributed by atoms with van der Waals surface area (Å²) in [6.07, 6.45) is 1.80. The normalized spacial score (nSPS) is 18.9. The Bertz CT molecular complexity index is 605. The van der Waals surface area contributed by atoms with Crippen molar-refractivity contribution in [1.29, 1.82) is 5.26 Å². The topological polar surface area (TPSA) is 82.0 Å². The van der Waals surface area contributed by atoms with Crippen LogP contribution in [-0.2, 0) is 10.0 Å². The van der Waals surface area contributed by atoms with E-state index in [-0.39, 0.29) is 23.3 Å². The second-order valence-corrected chi connectivity index (χ2v) is 6.44. The Balaban J connectivity index is 0.00000200. The largest absolute Gasteiger partial charge is 0.315 e. The summed E-state index contributed by atoms with van der Waals surface area (Å²) in [4.78, 5) is 0.192. The first kappa shape index (κ1) is 16.9. The van der Waals surface area contributed by atoms with Crippen molar-refractivity contribution in [2.75, 3.05) is 13.1 Å². The molecular weight excluding hydrogens is 298 g/mol. The number of halogens is 1. The lowest BCUT2D eigenvalue weighted by Crippen LogP contribution is -2.45. The van der Waals surface area contributed by atoms with Crippen LogP contribution < -0.4 is 10.0 Å². The molecule has 1 heterocycles. The Kier molecular flexibility index (Phi) is 5.96. The number of benzene rings is 1. The lowest BCUT2D eigenvalue weighted by atomic mass is 10.1. The number of sulfonamides is 1. The van der Waals surface area contributed by atoms with Gasteiger partial charge in [0, 0.05) is 12.6 Å². The van der Waals surface area contributed by atoms with E-state index in [4.69, 9.17) is 5.26 Å². The van der Waals surface area contributed by atoms with E-state index in [1.165, 1.54) is 6.07 Å². The number of nitriles is 1. The third kappa shape index (κ3) is 3.93. The molecule has 0 spiro atoms. The van der Waals surface area contributed by atoms with E-state index in [0.29, 0.717) is 17.7 Å². The monoisotopic (exact) mass is 315 g/mol. The van der Waals surface area contributed by atoms with Gasteiger partial charge in [-0.2, -0.15) is 5.26 Å². The summed E-state index contributed by atoms with van der Waals surface area (Å²) >= 11 is 0. The van der Waals surface area contributed by atoms with Crippen LogP contribution in [0, 0.1) is 18.3 Å². The molecule has 1 aromatic rings. The van der Waals surface area contributed by atoms with Gasteiger partial charge in [0.1, 0.15) is 0 Å². The average molecular weight is 316 g/mol. The maximum Gasteiger partial charge on any atom is 0.241 e. The molecule has 0 bridgehead atoms. The summed E-state index contributed by atoms with van der Waals surface area (Å²) in [6, 6.07) is 6.59. The quantitative estimate of drug-likeness (QED) is 0.881. The highest BCUT2D eigenvalue weighted by Crippen LogP contribution is 2.18. The SMILES string of the molecule is Cc1ccc(C#N)cc1S(=O)(=O)N[C@@H]1CCCNC1.Cl. The van der Waals surface area contributed by atoms with Crippen LogP contribution in [0.1, 0.15) is 24.0 Å². The van der Waals surface area contributed by atoms with Crippen molar-refractivity contribution in [2.24, 2.45) is 0 Å². The molecule has 2 N–H and O–H groups in total. The van der Waals surface area contributed by atoms with Crippen molar-refractivity contribution >= 4 is 22.4 Å². The van der Waals surface area contributed by atoms with Crippen molar-refractivity contribution < 1.29 is 8.42 Å². The Labute approximate surface area is 125 Å². The fourth-order valence-corrected chi connectivity index (χ4v) is 3.74. The van der Waals surface area contributed by atoms with Crippen LogP contribution in [-0.4, -0.2) is 27.5 Å². The lowest BCUT2D eigenvalue weighted by molar-refractivity contribution is 0.428. The highest BCUT2D eigenvalue weighted by atomic mass is 35.5. The van der Waals surface area contributed by atoms with Crippen molar-refractivity contribution in [2.45, 2.75) is 30.7 Å². The lowest BCUT2D eigenvalue weighted by Gasteiger charge is -2.24. The van der Waals surface area contributed by atoms with Crippen molar-refractivity contribution in [3.63, 3.8) is 0 Å². The standard InChI is InChI=1S/C13H17N3O2S.ClH/c1-10-4-5-11(8-14)7-13(10)19(17,18)16-12-3-2-6-15-9-12;/h4-5,7,12,15-16H,2-3,6,9H2,1H3;1H/t12-;/m1./s1. The smallest absolute Gasteiger partial charge is 0.241 e. The van der Waals surface area contributed by atoms with Crippen molar-refractivity contribution in [1.82, 2.24) is 10.0 Å². The molecule has 0 amide bonds. The number of aryl methyl sites for hydroxylation is 1. The molecule has 0 aliphatic carbocycles. The van der Waals surface area contributed by atoms with E-state index in [0.717, 1.165) is 19.4 Å². The summed E-state index contributed by atoms with van der Waals surface area (Å²) in [6.45, 7) is 3.31. The number of nitrogens with zero attached hydrogens (tertiary/aromatic N) is 1. The molecule has 0 radical (unpaired) electrons. The molecule has 5 nitrogen and oxygen atoms in total. The Morgan fingerprint density at radius 2 is 2.20 bits per heavy atom. The third-order valence-corrected chi connectivity index (χ3v) is 4.89. The highest BCUT2D eigenvalue weighted by molar-refractivity contribution is 7.89. The van der Waals surface area contributed by atoms with Gasteiger partial charge in [0.2, 0.25) is 10.0 Å². The minimum atomic E-state index is -3.56. The molecule has 2 rings (SSSR count). The van der Waals surface area contributed by atoms with Gasteiger partial charge in [-0.3, -0.25) is 0 Å². The summed E-state index contributed by atoms with van der Waals surface area (Å²) in [5, 5.41) is 12.0. The molecule has 1 saturated heterocycles. The first-order valence-electron chi connectivity index (χ1n) is 6.27. The van der Waals surface area contributed by atoms with Gasteiger partial charge in [-0.15, -0.1) is 12.4 Å². The van der Waals surface area contributed by atoms with Gasteiger partial charge in [-0.25, -0.2) is 13.1 Å². The molecule has 1 aliphatic rings. The number of nitrogens with one attached hydrogen (secondary N) is 2. The highest BCUT2D eigenvalue weighted by Gasteiger charge is 2.23. The Hall–Kier alpha value is -1.13. The number of rotatable bonds is 3. The second kappa shape index (κ2) is 7.04. The van der Waals surface area contributed by atoms with Crippen LogP contribution >= 0.6 is 12.4 Å². The van der Waals surface area contributed by atoms with Crippen LogP contribution in [0.25, 0.3) is 0 Å². The molecule has 0 saturated carbocycles. The minimum Gasteiger partial charge on any atom is -0.315 e. The van der Waals surface area contributed by atoms with Gasteiger partial charge in [0.15, 0.2) is 0 Å². The molecule has 0 aromatic heterocycles. The van der Waals surface area contributed by atoms with Crippen molar-refractivity contribution in [3.8, 4) is 6.07 Å². The predicted molar refractivity (Wildman–Crippen MR) is 79.4 cm³/mol. The van der Waals surface area contributed by atoms with Gasteiger partial charge in [-0.1, -0.05) is 6.07 Å². The van der Waals surface area contributed by atoms with E-state index in [9.17, 15) is 8.42 Å². The van der Waals surface area contributed by atoms with Crippen LogP contribution in [0.15, 0.2) is 23.1 Å². The van der Waals surface area contributed by atoms with Gasteiger partial charge in [0.05, 0.1) is 16.5 Å². The zero-order chi connectivity index (χ0) is 13.9. The van der Waals surface area contributed by atoms with Crippen LogP contribution in [0.3, 0.4) is 0 Å². The van der Waals surface area contributed by atoms with E-state index >= 15 is 0 Å². The van der Waals surface area contributed by atoms with E-state index in [1.54, 1.807) is 19.1 Å². The predicted octanol–water partition coefficient (Wildman–Crippen LogP) is 1.32. The molecule has 0 unspecified atom stereocenters. The van der Waals surface area contributed by atoms with Crippen LogP contribution in [0.2, 0.25) is 0 Å². The number of hydrogen-bond donors (Lipinski definition) is 2. The van der Waals surface area contributed by atoms with Gasteiger partial charge in [0.25, 0.3) is 0 Å². The Morgan fingerprint density at radius 1 is 1.45 bits per heavy atom. The number of piperidine rings is 1. The van der Waals surface area contributed by atoms with Crippen LogP contribution in [0.4, 0.5) is 0 Å². The summed E-state index contributed by atoms with van der Waals surface area (Å²) in [7, 11) is -3.56. The first-order valence-corrected chi connectivity index (χ1v) is 7.75. The molecule has 110 valence electrons. The van der Waals surface area contributed by atoms with Crippen LogP contribution in [0.5, 0.6) is 0 Å². The average Bonchev–Trinajstić information content (AvgIpc) is 2.39. The van der Waals surface area contributed by atoms with Gasteiger partial charge >= 0.3 is 0 Å². The van der Waals surface area contributed by atoms with Gasteiger partial charge in [-0.05, 0) is 44.0 Å². The van der Waals surface area contributed by atoms with Gasteiger partial charge < -0.3 is 5.32 Å². The summed E-state index contributed by atoms with van der Waals surface area (Å²) in [5.41, 5.74) is 1.00. The fourth-order valence-electron chi connectivity index (χ4n) is 2.19. The molecule has 1 fully saturated rings. The van der Waals surface area contributed by atoms with E-state index in [1.807, 2.05) is 6.07 Å².